The van der Waals surface area contributed by atoms with Gasteiger partial charge in [0.1, 0.15) is 0 Å². The zero-order valence-electron chi connectivity index (χ0n) is 13.1. The first-order chi connectivity index (χ1) is 11.2. The summed E-state index contributed by atoms with van der Waals surface area (Å²) < 4.78 is 3.51. The van der Waals surface area contributed by atoms with Crippen LogP contribution in [-0.4, -0.2) is 34.0 Å². The van der Waals surface area contributed by atoms with E-state index in [1.807, 2.05) is 25.2 Å². The van der Waals surface area contributed by atoms with Gasteiger partial charge in [0.25, 0.3) is 5.91 Å². The summed E-state index contributed by atoms with van der Waals surface area (Å²) in [6.07, 6.45) is 11.4. The van der Waals surface area contributed by atoms with E-state index in [1.54, 1.807) is 28.6 Å². The van der Waals surface area contributed by atoms with Gasteiger partial charge in [-0.2, -0.15) is 0 Å². The zero-order chi connectivity index (χ0) is 15.8. The van der Waals surface area contributed by atoms with Crippen LogP contribution in [0.3, 0.4) is 0 Å². The van der Waals surface area contributed by atoms with E-state index in [-0.39, 0.29) is 5.91 Å². The topological polar surface area (TPSA) is 38.1 Å². The van der Waals surface area contributed by atoms with Gasteiger partial charge >= 0.3 is 0 Å². The van der Waals surface area contributed by atoms with Gasteiger partial charge in [0, 0.05) is 49.8 Å². The molecule has 118 valence electrons. The Hall–Kier alpha value is -2.14. The zero-order valence-corrected chi connectivity index (χ0v) is 13.9. The van der Waals surface area contributed by atoms with Gasteiger partial charge in [-0.25, -0.2) is 0 Å². The first-order valence-corrected chi connectivity index (χ1v) is 8.78. The molecular weight excluding hydrogens is 306 g/mol. The molecule has 0 aliphatic heterocycles. The standard InChI is InChI=1S/C18H19N3OS/c1-20(9-6-13-4-7-19-8-5-13)18(22)16-10-14-11-21(15-2-3-15)12-17(14)23-16/h4-5,7-8,10-12,15H,2-3,6,9H2,1H3. The minimum Gasteiger partial charge on any atom is -0.349 e. The van der Waals surface area contributed by atoms with Crippen molar-refractivity contribution in [3.8, 4) is 0 Å². The molecule has 3 heterocycles. The van der Waals surface area contributed by atoms with Gasteiger partial charge in [-0.05, 0) is 43.0 Å². The van der Waals surface area contributed by atoms with E-state index in [2.05, 4.69) is 21.9 Å². The van der Waals surface area contributed by atoms with Gasteiger partial charge in [0.15, 0.2) is 0 Å². The number of fused-ring (bicyclic) bond motifs is 1. The maximum atomic E-state index is 12.6. The minimum absolute atomic E-state index is 0.109. The molecule has 4 nitrogen and oxygen atoms in total. The smallest absolute Gasteiger partial charge is 0.263 e. The second-order valence-corrected chi connectivity index (χ2v) is 7.28. The van der Waals surface area contributed by atoms with Crippen LogP contribution in [-0.2, 0) is 6.42 Å². The Bertz CT molecular complexity index is 801. The van der Waals surface area contributed by atoms with E-state index in [9.17, 15) is 4.79 Å². The fourth-order valence-corrected chi connectivity index (χ4v) is 3.85. The van der Waals surface area contributed by atoms with Gasteiger partial charge < -0.3 is 9.47 Å². The van der Waals surface area contributed by atoms with Crippen molar-refractivity contribution < 1.29 is 4.79 Å². The highest BCUT2D eigenvalue weighted by Crippen LogP contribution is 2.38. The Morgan fingerprint density at radius 3 is 2.83 bits per heavy atom. The molecule has 0 bridgehead atoms. The van der Waals surface area contributed by atoms with Gasteiger partial charge in [-0.1, -0.05) is 0 Å². The largest absolute Gasteiger partial charge is 0.349 e. The van der Waals surface area contributed by atoms with Crippen molar-refractivity contribution in [2.45, 2.75) is 25.3 Å². The SMILES string of the molecule is CN(CCc1ccncc1)C(=O)c1cc2cn(C3CC3)cc2s1. The van der Waals surface area contributed by atoms with Crippen LogP contribution in [0, 0.1) is 0 Å². The van der Waals surface area contributed by atoms with E-state index >= 15 is 0 Å². The van der Waals surface area contributed by atoms with Crippen LogP contribution in [0.15, 0.2) is 43.0 Å². The summed E-state index contributed by atoms with van der Waals surface area (Å²) in [6, 6.07) is 6.71. The lowest BCUT2D eigenvalue weighted by Crippen LogP contribution is -2.28. The molecule has 1 saturated carbocycles. The first-order valence-electron chi connectivity index (χ1n) is 7.96. The van der Waals surface area contributed by atoms with Crippen molar-refractivity contribution in [1.29, 1.82) is 0 Å². The number of likely N-dealkylation sites (N-methyl/N-ethyl adjacent to an activating group) is 1. The van der Waals surface area contributed by atoms with E-state index in [1.165, 1.54) is 28.5 Å². The third-order valence-electron chi connectivity index (χ3n) is 4.36. The van der Waals surface area contributed by atoms with Gasteiger partial charge in [-0.3, -0.25) is 9.78 Å². The number of hydrogen-bond acceptors (Lipinski definition) is 3. The molecule has 1 aliphatic rings. The molecule has 0 unspecified atom stereocenters. The fraction of sp³-hybridized carbons (Fsp3) is 0.333. The lowest BCUT2D eigenvalue weighted by atomic mass is 10.2. The summed E-state index contributed by atoms with van der Waals surface area (Å²) >= 11 is 1.60. The summed E-state index contributed by atoms with van der Waals surface area (Å²) in [5, 5.41) is 1.19. The van der Waals surface area contributed by atoms with Crippen molar-refractivity contribution in [3.05, 3.63) is 53.4 Å². The molecular formula is C18H19N3OS. The highest BCUT2D eigenvalue weighted by Gasteiger charge is 2.24. The minimum atomic E-state index is 0.109. The summed E-state index contributed by atoms with van der Waals surface area (Å²) in [6.45, 7) is 0.715. The number of rotatable bonds is 5. The summed E-state index contributed by atoms with van der Waals surface area (Å²) in [4.78, 5) is 19.2. The molecule has 1 aliphatic carbocycles. The van der Waals surface area contributed by atoms with Crippen LogP contribution in [0.2, 0.25) is 0 Å². The Morgan fingerprint density at radius 2 is 2.13 bits per heavy atom. The molecule has 5 heteroatoms. The number of amides is 1. The quantitative estimate of drug-likeness (QED) is 0.716. The number of nitrogens with zero attached hydrogens (tertiary/aromatic N) is 3. The van der Waals surface area contributed by atoms with Crippen molar-refractivity contribution >= 4 is 27.3 Å². The number of thiophene rings is 1. The second-order valence-electron chi connectivity index (χ2n) is 6.20. The van der Waals surface area contributed by atoms with Gasteiger partial charge in [-0.15, -0.1) is 11.3 Å². The van der Waals surface area contributed by atoms with Crippen LogP contribution in [0.25, 0.3) is 10.1 Å². The Balaban J connectivity index is 1.43. The van der Waals surface area contributed by atoms with E-state index in [0.717, 1.165) is 11.3 Å². The van der Waals surface area contributed by atoms with E-state index in [0.29, 0.717) is 12.6 Å². The van der Waals surface area contributed by atoms with Crippen molar-refractivity contribution in [3.63, 3.8) is 0 Å². The molecule has 23 heavy (non-hydrogen) atoms. The van der Waals surface area contributed by atoms with Crippen LogP contribution in [0.5, 0.6) is 0 Å². The lowest BCUT2D eigenvalue weighted by Gasteiger charge is -2.16. The molecule has 0 saturated heterocycles. The van der Waals surface area contributed by atoms with Gasteiger partial charge in [0.2, 0.25) is 0 Å². The molecule has 0 spiro atoms. The number of carbonyl (C=O) groups is 1. The third-order valence-corrected chi connectivity index (χ3v) is 5.43. The number of pyridine rings is 1. The van der Waals surface area contributed by atoms with Crippen molar-refractivity contribution in [1.82, 2.24) is 14.5 Å². The Kier molecular flexibility index (Phi) is 3.65. The maximum absolute atomic E-state index is 12.6. The maximum Gasteiger partial charge on any atom is 0.263 e. The highest BCUT2D eigenvalue weighted by molar-refractivity contribution is 7.20. The van der Waals surface area contributed by atoms with Crippen LogP contribution < -0.4 is 0 Å². The monoisotopic (exact) mass is 325 g/mol. The molecule has 1 fully saturated rings. The van der Waals surface area contributed by atoms with Crippen molar-refractivity contribution in [2.24, 2.45) is 0 Å². The second kappa shape index (κ2) is 5.81. The van der Waals surface area contributed by atoms with E-state index < -0.39 is 0 Å². The highest BCUT2D eigenvalue weighted by atomic mass is 32.1. The average molecular weight is 325 g/mol. The summed E-state index contributed by atoms with van der Waals surface area (Å²) in [5.41, 5.74) is 1.20. The van der Waals surface area contributed by atoms with Crippen molar-refractivity contribution in [2.75, 3.05) is 13.6 Å². The third kappa shape index (κ3) is 3.01. The predicted molar refractivity (Wildman–Crippen MR) is 93.0 cm³/mol. The summed E-state index contributed by atoms with van der Waals surface area (Å²) in [7, 11) is 1.87. The molecule has 4 rings (SSSR count). The normalized spacial score (nSPS) is 14.3. The molecule has 0 radical (unpaired) electrons. The number of hydrogen-bond donors (Lipinski definition) is 0. The molecule has 1 amide bonds. The van der Waals surface area contributed by atoms with Crippen LogP contribution >= 0.6 is 11.3 Å². The molecule has 3 aromatic rings. The first kappa shape index (κ1) is 14.5. The van der Waals surface area contributed by atoms with E-state index in [4.69, 9.17) is 0 Å². The van der Waals surface area contributed by atoms with Crippen LogP contribution in [0.1, 0.15) is 34.1 Å². The average Bonchev–Trinajstić information content (AvgIpc) is 3.23. The lowest BCUT2D eigenvalue weighted by molar-refractivity contribution is 0.0801. The predicted octanol–water partition coefficient (Wildman–Crippen LogP) is 3.75. The summed E-state index contributed by atoms with van der Waals surface area (Å²) in [5.74, 6) is 0.109. The number of carbonyl (C=O) groups excluding carboxylic acids is 1. The fourth-order valence-electron chi connectivity index (χ4n) is 2.78. The van der Waals surface area contributed by atoms with Crippen LogP contribution in [0.4, 0.5) is 0 Å². The Morgan fingerprint density at radius 1 is 1.35 bits per heavy atom. The number of aromatic nitrogens is 2. The van der Waals surface area contributed by atoms with Gasteiger partial charge in [0.05, 0.1) is 9.58 Å². The Labute approximate surface area is 139 Å². The molecule has 0 N–H and O–H groups in total. The molecule has 0 aromatic carbocycles. The molecule has 0 atom stereocenters. The molecule has 3 aromatic heterocycles.